The molecule has 1 aromatic carbocycles. The summed E-state index contributed by atoms with van der Waals surface area (Å²) in [6.07, 6.45) is 2.28. The number of amides is 1. The maximum Gasteiger partial charge on any atom is 0.305 e. The van der Waals surface area contributed by atoms with Crippen LogP contribution in [0.5, 0.6) is 5.75 Å². The van der Waals surface area contributed by atoms with Gasteiger partial charge in [-0.3, -0.25) is 9.59 Å². The highest BCUT2D eigenvalue weighted by Crippen LogP contribution is 2.22. The highest BCUT2D eigenvalue weighted by Gasteiger charge is 2.32. The molecule has 1 aliphatic heterocycles. The number of amidine groups is 1. The van der Waals surface area contributed by atoms with Gasteiger partial charge < -0.3 is 15.2 Å². The fourth-order valence-corrected chi connectivity index (χ4v) is 2.80. The third-order valence-corrected chi connectivity index (χ3v) is 4.38. The molecule has 128 valence electrons. The second-order valence-electron chi connectivity index (χ2n) is 5.22. The average Bonchev–Trinajstić information content (AvgIpc) is 2.88. The Bertz CT molecular complexity index is 675. The fourth-order valence-electron chi connectivity index (χ4n) is 1.88. The molecule has 1 aromatic rings. The van der Waals surface area contributed by atoms with E-state index in [4.69, 9.17) is 9.84 Å². The predicted octanol–water partition coefficient (Wildman–Crippen LogP) is 2.26. The lowest BCUT2D eigenvalue weighted by Crippen LogP contribution is -2.26. The van der Waals surface area contributed by atoms with E-state index in [0.29, 0.717) is 10.9 Å². The summed E-state index contributed by atoms with van der Waals surface area (Å²) in [5.74, 6) is -0.678. The monoisotopic (exact) mass is 349 g/mol. The zero-order valence-corrected chi connectivity index (χ0v) is 14.2. The third-order valence-electron chi connectivity index (χ3n) is 3.30. The minimum Gasteiger partial charge on any atom is -0.490 e. The highest BCUT2D eigenvalue weighted by molar-refractivity contribution is 8.15. The zero-order chi connectivity index (χ0) is 17.5. The number of benzene rings is 1. The number of carbonyl (C=O) groups is 2. The molecule has 1 heterocycles. The summed E-state index contributed by atoms with van der Waals surface area (Å²) in [6.45, 7) is 4.03. The molecule has 1 saturated heterocycles. The van der Waals surface area contributed by atoms with Crippen LogP contribution in [0.25, 0.3) is 0 Å². The number of thioether (sulfide) groups is 1. The van der Waals surface area contributed by atoms with Crippen LogP contribution in [0.3, 0.4) is 0 Å². The Morgan fingerprint density at radius 3 is 2.96 bits per heavy atom. The van der Waals surface area contributed by atoms with Crippen molar-refractivity contribution in [2.75, 3.05) is 0 Å². The molecule has 1 aliphatic rings. The van der Waals surface area contributed by atoms with Crippen LogP contribution in [-0.2, 0) is 9.59 Å². The van der Waals surface area contributed by atoms with Crippen LogP contribution in [-0.4, -0.2) is 39.7 Å². The molecule has 0 aliphatic carbocycles. The molecule has 2 rings (SSSR count). The first-order chi connectivity index (χ1) is 11.5. The first-order valence-corrected chi connectivity index (χ1v) is 8.43. The summed E-state index contributed by atoms with van der Waals surface area (Å²) in [7, 11) is 0. The molecule has 2 N–H and O–H groups in total. The largest absolute Gasteiger partial charge is 0.490 e. The van der Waals surface area contributed by atoms with E-state index in [2.05, 4.69) is 15.5 Å². The molecule has 8 heteroatoms. The summed E-state index contributed by atoms with van der Waals surface area (Å²) < 4.78 is 5.82. The van der Waals surface area contributed by atoms with Gasteiger partial charge in [-0.2, -0.15) is 5.10 Å². The second-order valence-corrected chi connectivity index (χ2v) is 6.41. The molecule has 0 radical (unpaired) electrons. The van der Waals surface area contributed by atoms with Crippen LogP contribution in [0.4, 0.5) is 0 Å². The number of ether oxygens (including phenoxy) is 1. The van der Waals surface area contributed by atoms with Crippen molar-refractivity contribution in [1.82, 2.24) is 5.32 Å². The summed E-state index contributed by atoms with van der Waals surface area (Å²) >= 11 is 1.06. The van der Waals surface area contributed by atoms with Crippen LogP contribution in [0.2, 0.25) is 0 Å². The van der Waals surface area contributed by atoms with Crippen molar-refractivity contribution >= 4 is 35.0 Å². The number of rotatable bonds is 7. The van der Waals surface area contributed by atoms with Crippen LogP contribution in [0, 0.1) is 0 Å². The van der Waals surface area contributed by atoms with Gasteiger partial charge in [0.2, 0.25) is 5.91 Å². The predicted molar refractivity (Wildman–Crippen MR) is 93.6 cm³/mol. The van der Waals surface area contributed by atoms with Gasteiger partial charge in [0, 0.05) is 5.56 Å². The molecule has 7 nitrogen and oxygen atoms in total. The summed E-state index contributed by atoms with van der Waals surface area (Å²) in [6, 6.07) is 7.46. The van der Waals surface area contributed by atoms with E-state index in [1.807, 2.05) is 38.1 Å². The number of carboxylic acid groups (broad SMARTS) is 1. The SMILES string of the molecule is CCC(C)Oc1ccccc1C=NN=C1NC(=O)C(CC(=O)O)S1. The van der Waals surface area contributed by atoms with Crippen LogP contribution in [0.1, 0.15) is 32.3 Å². The van der Waals surface area contributed by atoms with Gasteiger partial charge in [-0.1, -0.05) is 30.8 Å². The normalized spacial score (nSPS) is 20.3. The van der Waals surface area contributed by atoms with Crippen molar-refractivity contribution in [1.29, 1.82) is 0 Å². The topological polar surface area (TPSA) is 100 Å². The number of nitrogens with one attached hydrogen (secondary N) is 1. The highest BCUT2D eigenvalue weighted by atomic mass is 32.2. The van der Waals surface area contributed by atoms with Crippen molar-refractivity contribution < 1.29 is 19.4 Å². The number of para-hydroxylation sites is 1. The molecule has 0 spiro atoms. The van der Waals surface area contributed by atoms with Crippen molar-refractivity contribution in [2.24, 2.45) is 10.2 Å². The van der Waals surface area contributed by atoms with E-state index in [1.54, 1.807) is 6.21 Å². The Labute approximate surface area is 144 Å². The number of aliphatic carboxylic acids is 1. The first-order valence-electron chi connectivity index (χ1n) is 7.55. The average molecular weight is 349 g/mol. The number of carbonyl (C=O) groups excluding carboxylic acids is 1. The molecule has 2 unspecified atom stereocenters. The van der Waals surface area contributed by atoms with Crippen molar-refractivity contribution in [3.05, 3.63) is 29.8 Å². The summed E-state index contributed by atoms with van der Waals surface area (Å²) in [5.41, 5.74) is 0.776. The number of hydrogen-bond acceptors (Lipinski definition) is 6. The Morgan fingerprint density at radius 2 is 2.25 bits per heavy atom. The lowest BCUT2D eigenvalue weighted by molar-refractivity contribution is -0.138. The van der Waals surface area contributed by atoms with Gasteiger partial charge in [0.05, 0.1) is 18.7 Å². The maximum absolute atomic E-state index is 11.6. The molecule has 0 aromatic heterocycles. The number of nitrogens with zero attached hydrogens (tertiary/aromatic N) is 2. The molecular formula is C16H19N3O4S. The van der Waals surface area contributed by atoms with Crippen molar-refractivity contribution in [3.63, 3.8) is 0 Å². The molecule has 2 atom stereocenters. The van der Waals surface area contributed by atoms with Crippen molar-refractivity contribution in [3.8, 4) is 5.75 Å². The van der Waals surface area contributed by atoms with E-state index in [-0.39, 0.29) is 18.4 Å². The first kappa shape index (κ1) is 18.0. The number of hydrogen-bond donors (Lipinski definition) is 2. The molecule has 24 heavy (non-hydrogen) atoms. The van der Waals surface area contributed by atoms with Crippen LogP contribution in [0.15, 0.2) is 34.5 Å². The molecule has 0 saturated carbocycles. The van der Waals surface area contributed by atoms with Gasteiger partial charge in [-0.05, 0) is 25.5 Å². The maximum atomic E-state index is 11.6. The third kappa shape index (κ3) is 5.09. The molecular weight excluding hydrogens is 330 g/mol. The van der Waals surface area contributed by atoms with Crippen LogP contribution >= 0.6 is 11.8 Å². The smallest absolute Gasteiger partial charge is 0.305 e. The van der Waals surface area contributed by atoms with E-state index >= 15 is 0 Å². The Hall–Kier alpha value is -2.35. The van der Waals surface area contributed by atoms with E-state index in [9.17, 15) is 9.59 Å². The van der Waals surface area contributed by atoms with Crippen molar-refractivity contribution in [2.45, 2.75) is 38.0 Å². The minimum atomic E-state index is -1.02. The molecule has 1 fully saturated rings. The van der Waals surface area contributed by atoms with E-state index in [1.165, 1.54) is 0 Å². The van der Waals surface area contributed by atoms with Gasteiger partial charge in [0.25, 0.3) is 0 Å². The molecule has 1 amide bonds. The summed E-state index contributed by atoms with van der Waals surface area (Å²) in [4.78, 5) is 22.3. The fraction of sp³-hybridized carbons (Fsp3) is 0.375. The zero-order valence-electron chi connectivity index (χ0n) is 13.4. The Kier molecular flexibility index (Phi) is 6.36. The lowest BCUT2D eigenvalue weighted by Gasteiger charge is -2.14. The van der Waals surface area contributed by atoms with Gasteiger partial charge in [-0.15, -0.1) is 5.10 Å². The summed E-state index contributed by atoms with van der Waals surface area (Å²) in [5, 5.41) is 18.8. The number of carboxylic acids is 1. The second kappa shape index (κ2) is 8.49. The van der Waals surface area contributed by atoms with Gasteiger partial charge in [0.15, 0.2) is 5.17 Å². The van der Waals surface area contributed by atoms with E-state index < -0.39 is 11.2 Å². The minimum absolute atomic E-state index is 0.0901. The lowest BCUT2D eigenvalue weighted by atomic mass is 10.2. The van der Waals surface area contributed by atoms with Gasteiger partial charge >= 0.3 is 5.97 Å². The molecule has 0 bridgehead atoms. The van der Waals surface area contributed by atoms with Gasteiger partial charge in [-0.25, -0.2) is 0 Å². The van der Waals surface area contributed by atoms with Gasteiger partial charge in [0.1, 0.15) is 11.0 Å². The van der Waals surface area contributed by atoms with Crippen LogP contribution < -0.4 is 10.1 Å². The van der Waals surface area contributed by atoms with E-state index in [0.717, 1.165) is 23.7 Å². The Morgan fingerprint density at radius 1 is 1.50 bits per heavy atom. The quantitative estimate of drug-likeness (QED) is 0.581. The Balaban J connectivity index is 2.04. The standard InChI is InChI=1S/C16H19N3O4S/c1-3-10(2)23-12-7-5-4-6-11(12)9-17-19-16-18-15(22)13(24-16)8-14(20)21/h4-7,9-10,13H,3,8H2,1-2H3,(H,20,21)(H,18,19,22).